The molecule has 2 rings (SSSR count). The first-order valence-electron chi connectivity index (χ1n) is 6.51. The monoisotopic (exact) mass is 399 g/mol. The molecule has 3 nitrogen and oxygen atoms in total. The first kappa shape index (κ1) is 17.1. The van der Waals surface area contributed by atoms with Gasteiger partial charge >= 0.3 is 0 Å². The zero-order chi connectivity index (χ0) is 16.3. The summed E-state index contributed by atoms with van der Waals surface area (Å²) in [5.41, 5.74) is 1.41. The van der Waals surface area contributed by atoms with Gasteiger partial charge in [-0.2, -0.15) is 0 Å². The number of halogens is 2. The van der Waals surface area contributed by atoms with Gasteiger partial charge < -0.3 is 0 Å². The minimum atomic E-state index is -3.68. The number of anilines is 1. The number of aryl methyl sites for hydroxylation is 1. The standard InChI is InChI=1S/C16H15BrClNO2S/c1-3-10-19(14-7-4-12(2)16(18)11-14)22(20,21)15-8-5-13(17)6-9-15/h3-9,11H,1,10H2,2H3. The normalized spacial score (nSPS) is 11.2. The summed E-state index contributed by atoms with van der Waals surface area (Å²) >= 11 is 9.42. The van der Waals surface area contributed by atoms with E-state index in [1.165, 1.54) is 4.31 Å². The zero-order valence-corrected chi connectivity index (χ0v) is 15.1. The molecule has 0 spiro atoms. The maximum absolute atomic E-state index is 12.9. The molecule has 0 saturated carbocycles. The van der Waals surface area contributed by atoms with E-state index < -0.39 is 10.0 Å². The molecule has 0 unspecified atom stereocenters. The van der Waals surface area contributed by atoms with E-state index in [-0.39, 0.29) is 11.4 Å². The van der Waals surface area contributed by atoms with Crippen molar-refractivity contribution in [3.63, 3.8) is 0 Å². The van der Waals surface area contributed by atoms with E-state index in [4.69, 9.17) is 11.6 Å². The van der Waals surface area contributed by atoms with Gasteiger partial charge in [-0.25, -0.2) is 8.42 Å². The molecular weight excluding hydrogens is 386 g/mol. The van der Waals surface area contributed by atoms with Crippen LogP contribution in [0.25, 0.3) is 0 Å². The number of hydrogen-bond donors (Lipinski definition) is 0. The van der Waals surface area contributed by atoms with Crippen molar-refractivity contribution in [2.45, 2.75) is 11.8 Å². The molecule has 0 bridgehead atoms. The first-order valence-corrected chi connectivity index (χ1v) is 9.12. The molecule has 2 aromatic carbocycles. The Labute approximate surface area is 144 Å². The van der Waals surface area contributed by atoms with E-state index >= 15 is 0 Å². The average molecular weight is 401 g/mol. The molecule has 0 N–H and O–H groups in total. The quantitative estimate of drug-likeness (QED) is 0.677. The van der Waals surface area contributed by atoms with Crippen molar-refractivity contribution < 1.29 is 8.42 Å². The van der Waals surface area contributed by atoms with Crippen LogP contribution in [0.1, 0.15) is 5.56 Å². The lowest BCUT2D eigenvalue weighted by atomic mass is 10.2. The minimum absolute atomic E-state index is 0.164. The fourth-order valence-corrected chi connectivity index (χ4v) is 3.80. The number of rotatable bonds is 5. The van der Waals surface area contributed by atoms with Crippen LogP contribution in [0.4, 0.5) is 5.69 Å². The number of benzene rings is 2. The van der Waals surface area contributed by atoms with Crippen LogP contribution < -0.4 is 4.31 Å². The highest BCUT2D eigenvalue weighted by molar-refractivity contribution is 9.10. The smallest absolute Gasteiger partial charge is 0.262 e. The number of sulfonamides is 1. The summed E-state index contributed by atoms with van der Waals surface area (Å²) < 4.78 is 27.8. The Bertz CT molecular complexity index is 788. The van der Waals surface area contributed by atoms with E-state index in [1.54, 1.807) is 48.5 Å². The molecule has 2 aromatic rings. The van der Waals surface area contributed by atoms with Crippen molar-refractivity contribution in [1.82, 2.24) is 0 Å². The maximum Gasteiger partial charge on any atom is 0.264 e. The van der Waals surface area contributed by atoms with Crippen LogP contribution in [-0.4, -0.2) is 15.0 Å². The molecule has 116 valence electrons. The van der Waals surface area contributed by atoms with Crippen LogP contribution in [0.15, 0.2) is 64.5 Å². The third-order valence-electron chi connectivity index (χ3n) is 3.14. The molecule has 0 aliphatic carbocycles. The summed E-state index contributed by atoms with van der Waals surface area (Å²) in [7, 11) is -3.68. The third kappa shape index (κ3) is 3.54. The lowest BCUT2D eigenvalue weighted by Crippen LogP contribution is -2.31. The Morgan fingerprint density at radius 3 is 2.41 bits per heavy atom. The number of hydrogen-bond acceptors (Lipinski definition) is 2. The van der Waals surface area contributed by atoms with Gasteiger partial charge in [-0.05, 0) is 48.9 Å². The van der Waals surface area contributed by atoms with Crippen LogP contribution in [0.5, 0.6) is 0 Å². The van der Waals surface area contributed by atoms with E-state index in [1.807, 2.05) is 6.92 Å². The second-order valence-electron chi connectivity index (χ2n) is 4.71. The lowest BCUT2D eigenvalue weighted by Gasteiger charge is -2.23. The third-order valence-corrected chi connectivity index (χ3v) is 5.88. The van der Waals surface area contributed by atoms with E-state index in [9.17, 15) is 8.42 Å². The Morgan fingerprint density at radius 2 is 1.86 bits per heavy atom. The Morgan fingerprint density at radius 1 is 1.23 bits per heavy atom. The second kappa shape index (κ2) is 6.86. The van der Waals surface area contributed by atoms with Crippen LogP contribution >= 0.6 is 27.5 Å². The minimum Gasteiger partial charge on any atom is -0.262 e. The highest BCUT2D eigenvalue weighted by Crippen LogP contribution is 2.28. The molecule has 0 atom stereocenters. The predicted octanol–water partition coefficient (Wildman–Crippen LogP) is 4.79. The summed E-state index contributed by atoms with van der Waals surface area (Å²) in [6.07, 6.45) is 1.55. The number of nitrogens with zero attached hydrogens (tertiary/aromatic N) is 1. The van der Waals surface area contributed by atoms with Crippen LogP contribution in [-0.2, 0) is 10.0 Å². The Kier molecular flexibility index (Phi) is 5.32. The van der Waals surface area contributed by atoms with Gasteiger partial charge in [-0.3, -0.25) is 4.31 Å². The van der Waals surface area contributed by atoms with Gasteiger partial charge in [0, 0.05) is 9.50 Å². The van der Waals surface area contributed by atoms with E-state index in [0.717, 1.165) is 10.0 Å². The molecule has 0 aliphatic heterocycles. The van der Waals surface area contributed by atoms with Gasteiger partial charge in [0.05, 0.1) is 17.1 Å². The first-order chi connectivity index (χ1) is 10.4. The average Bonchev–Trinajstić information content (AvgIpc) is 2.48. The van der Waals surface area contributed by atoms with Crippen molar-refractivity contribution in [1.29, 1.82) is 0 Å². The van der Waals surface area contributed by atoms with E-state index in [0.29, 0.717) is 10.7 Å². The van der Waals surface area contributed by atoms with Gasteiger partial charge in [0.15, 0.2) is 0 Å². The fraction of sp³-hybridized carbons (Fsp3) is 0.125. The molecule has 0 aromatic heterocycles. The summed E-state index contributed by atoms with van der Waals surface area (Å²) in [4.78, 5) is 0.217. The Balaban J connectivity index is 2.52. The predicted molar refractivity (Wildman–Crippen MR) is 95.1 cm³/mol. The lowest BCUT2D eigenvalue weighted by molar-refractivity contribution is 0.593. The molecule has 22 heavy (non-hydrogen) atoms. The highest BCUT2D eigenvalue weighted by atomic mass is 79.9. The molecule has 0 aliphatic rings. The molecule has 0 amide bonds. The fourth-order valence-electron chi connectivity index (χ4n) is 1.93. The summed E-state index contributed by atoms with van der Waals surface area (Å²) in [5.74, 6) is 0. The van der Waals surface area contributed by atoms with Gasteiger partial charge in [0.1, 0.15) is 0 Å². The molecular formula is C16H15BrClNO2S. The summed E-state index contributed by atoms with van der Waals surface area (Å²) in [5, 5.41) is 0.526. The molecule has 6 heteroatoms. The van der Waals surface area contributed by atoms with Gasteiger partial charge in [0.2, 0.25) is 0 Å². The molecule has 0 radical (unpaired) electrons. The van der Waals surface area contributed by atoms with Gasteiger partial charge in [-0.15, -0.1) is 6.58 Å². The topological polar surface area (TPSA) is 37.4 Å². The SMILES string of the molecule is C=CCN(c1ccc(C)c(Cl)c1)S(=O)(=O)c1ccc(Br)cc1. The maximum atomic E-state index is 12.9. The van der Waals surface area contributed by atoms with Gasteiger partial charge in [-0.1, -0.05) is 39.7 Å². The van der Waals surface area contributed by atoms with Crippen LogP contribution in [0.3, 0.4) is 0 Å². The van der Waals surface area contributed by atoms with Crippen molar-refractivity contribution in [3.8, 4) is 0 Å². The van der Waals surface area contributed by atoms with E-state index in [2.05, 4.69) is 22.5 Å². The molecule has 0 saturated heterocycles. The van der Waals surface area contributed by atoms with Crippen LogP contribution in [0, 0.1) is 6.92 Å². The zero-order valence-electron chi connectivity index (χ0n) is 12.0. The van der Waals surface area contributed by atoms with Crippen molar-refractivity contribution in [3.05, 3.63) is 70.2 Å². The molecule has 0 heterocycles. The largest absolute Gasteiger partial charge is 0.264 e. The van der Waals surface area contributed by atoms with Crippen molar-refractivity contribution in [2.75, 3.05) is 10.8 Å². The van der Waals surface area contributed by atoms with Crippen LogP contribution in [0.2, 0.25) is 5.02 Å². The highest BCUT2D eigenvalue weighted by Gasteiger charge is 2.24. The van der Waals surface area contributed by atoms with Gasteiger partial charge in [0.25, 0.3) is 10.0 Å². The van der Waals surface area contributed by atoms with Crippen molar-refractivity contribution >= 4 is 43.2 Å². The second-order valence-corrected chi connectivity index (χ2v) is 7.90. The molecule has 0 fully saturated rings. The van der Waals surface area contributed by atoms with Crippen molar-refractivity contribution in [2.24, 2.45) is 0 Å². The summed E-state index contributed by atoms with van der Waals surface area (Å²) in [6, 6.07) is 11.7. The Hall–Kier alpha value is -1.30. The summed E-state index contributed by atoms with van der Waals surface area (Å²) in [6.45, 7) is 5.67.